The Morgan fingerprint density at radius 1 is 1.19 bits per heavy atom. The van der Waals surface area contributed by atoms with Gasteiger partial charge in [0.1, 0.15) is 5.82 Å². The van der Waals surface area contributed by atoms with Gasteiger partial charge < -0.3 is 10.3 Å². The van der Waals surface area contributed by atoms with Crippen LogP contribution in [-0.4, -0.2) is 21.1 Å². The molecule has 4 heteroatoms. The van der Waals surface area contributed by atoms with Crippen LogP contribution in [0.5, 0.6) is 0 Å². The van der Waals surface area contributed by atoms with Crippen molar-refractivity contribution < 1.29 is 0 Å². The largest absolute Gasteiger partial charge is 0.399 e. The van der Waals surface area contributed by atoms with Crippen molar-refractivity contribution in [2.45, 2.75) is 55.7 Å². The molecule has 4 rings (SSSR count). The fourth-order valence-corrected chi connectivity index (χ4v) is 4.73. The fraction of sp³-hybridized carbons (Fsp3) is 0.588. The van der Waals surface area contributed by atoms with Gasteiger partial charge in [-0.1, -0.05) is 12.8 Å². The van der Waals surface area contributed by atoms with Crippen LogP contribution in [0.15, 0.2) is 18.2 Å². The molecule has 0 radical (unpaired) electrons. The number of aromatic nitrogens is 2. The third-order valence-corrected chi connectivity index (χ3v) is 6.14. The van der Waals surface area contributed by atoms with Crippen LogP contribution in [0, 0.1) is 0 Å². The lowest BCUT2D eigenvalue weighted by Gasteiger charge is -2.33. The highest BCUT2D eigenvalue weighted by atomic mass is 32.2. The SMILES string of the molecule is CSC1CCCCC1n1c(C2CC2)nc2cc(N)ccc21. The molecule has 0 spiro atoms. The smallest absolute Gasteiger partial charge is 0.113 e. The van der Waals surface area contributed by atoms with Gasteiger partial charge in [-0.05, 0) is 50.1 Å². The van der Waals surface area contributed by atoms with E-state index in [-0.39, 0.29) is 0 Å². The van der Waals surface area contributed by atoms with Crippen LogP contribution >= 0.6 is 11.8 Å². The van der Waals surface area contributed by atoms with E-state index in [4.69, 9.17) is 10.7 Å². The number of nitrogen functional groups attached to an aromatic ring is 1. The Morgan fingerprint density at radius 3 is 2.76 bits per heavy atom. The van der Waals surface area contributed by atoms with E-state index in [2.05, 4.69) is 16.9 Å². The molecule has 0 bridgehead atoms. The number of fused-ring (bicyclic) bond motifs is 1. The summed E-state index contributed by atoms with van der Waals surface area (Å²) in [5.41, 5.74) is 9.15. The van der Waals surface area contributed by atoms with Crippen molar-refractivity contribution in [3.63, 3.8) is 0 Å². The lowest BCUT2D eigenvalue weighted by Crippen LogP contribution is -2.26. The van der Waals surface area contributed by atoms with Gasteiger partial charge >= 0.3 is 0 Å². The van der Waals surface area contributed by atoms with Gasteiger partial charge in [0.25, 0.3) is 0 Å². The molecule has 1 aromatic heterocycles. The normalized spacial score (nSPS) is 26.3. The Balaban J connectivity index is 1.86. The summed E-state index contributed by atoms with van der Waals surface area (Å²) in [6, 6.07) is 6.84. The lowest BCUT2D eigenvalue weighted by atomic mass is 9.94. The van der Waals surface area contributed by atoms with Gasteiger partial charge in [0.05, 0.1) is 11.0 Å². The van der Waals surface area contributed by atoms with Crippen molar-refractivity contribution in [2.24, 2.45) is 0 Å². The minimum absolute atomic E-state index is 0.609. The van der Waals surface area contributed by atoms with Crippen molar-refractivity contribution in [1.82, 2.24) is 9.55 Å². The molecule has 2 aliphatic carbocycles. The van der Waals surface area contributed by atoms with Crippen molar-refractivity contribution >= 4 is 28.5 Å². The molecule has 2 aromatic rings. The predicted molar refractivity (Wildman–Crippen MR) is 90.9 cm³/mol. The van der Waals surface area contributed by atoms with E-state index in [9.17, 15) is 0 Å². The second kappa shape index (κ2) is 5.24. The summed E-state index contributed by atoms with van der Waals surface area (Å²) in [6.07, 6.45) is 10.2. The van der Waals surface area contributed by atoms with E-state index in [1.807, 2.05) is 23.9 Å². The molecule has 2 unspecified atom stereocenters. The van der Waals surface area contributed by atoms with Crippen molar-refractivity contribution in [1.29, 1.82) is 0 Å². The molecule has 0 aliphatic heterocycles. The van der Waals surface area contributed by atoms with Crippen LogP contribution in [0.1, 0.15) is 56.3 Å². The average Bonchev–Trinajstić information content (AvgIpc) is 3.28. The number of nitrogens with two attached hydrogens (primary N) is 1. The second-order valence-corrected chi connectivity index (χ2v) is 7.57. The van der Waals surface area contributed by atoms with Gasteiger partial charge in [-0.25, -0.2) is 4.98 Å². The maximum Gasteiger partial charge on any atom is 0.113 e. The quantitative estimate of drug-likeness (QED) is 0.858. The number of nitrogens with zero attached hydrogens (tertiary/aromatic N) is 2. The number of rotatable bonds is 3. The third-order valence-electron chi connectivity index (χ3n) is 4.99. The van der Waals surface area contributed by atoms with Crippen LogP contribution in [0.3, 0.4) is 0 Å². The van der Waals surface area contributed by atoms with E-state index >= 15 is 0 Å². The molecule has 2 aliphatic rings. The molecule has 112 valence electrons. The third kappa shape index (κ3) is 2.33. The Kier molecular flexibility index (Phi) is 3.37. The number of anilines is 1. The standard InChI is InChI=1S/C17H23N3S/c1-21-16-5-3-2-4-15(16)20-14-9-8-12(18)10-13(14)19-17(20)11-6-7-11/h8-11,15-16H,2-7,18H2,1H3. The summed E-state index contributed by atoms with van der Waals surface area (Å²) in [6.45, 7) is 0. The Bertz CT molecular complexity index is 659. The van der Waals surface area contributed by atoms with E-state index in [1.54, 1.807) is 0 Å². The molecule has 2 N–H and O–H groups in total. The van der Waals surface area contributed by atoms with E-state index in [0.29, 0.717) is 12.0 Å². The Morgan fingerprint density at radius 2 is 2.00 bits per heavy atom. The number of hydrogen-bond acceptors (Lipinski definition) is 3. The van der Waals surface area contributed by atoms with Crippen LogP contribution < -0.4 is 5.73 Å². The summed E-state index contributed by atoms with van der Waals surface area (Å²) in [5.74, 6) is 2.00. The zero-order valence-corrected chi connectivity index (χ0v) is 13.4. The van der Waals surface area contributed by atoms with Crippen molar-refractivity contribution in [3.8, 4) is 0 Å². The maximum atomic E-state index is 5.95. The van der Waals surface area contributed by atoms with Gasteiger partial charge in [0, 0.05) is 22.9 Å². The molecule has 1 heterocycles. The predicted octanol–water partition coefficient (Wildman–Crippen LogP) is 4.34. The van der Waals surface area contributed by atoms with E-state index < -0.39 is 0 Å². The maximum absolute atomic E-state index is 5.95. The minimum atomic E-state index is 0.609. The summed E-state index contributed by atoms with van der Waals surface area (Å²) in [4.78, 5) is 4.95. The van der Waals surface area contributed by atoms with Gasteiger partial charge in [-0.15, -0.1) is 0 Å². The van der Waals surface area contributed by atoms with Gasteiger partial charge in [0.15, 0.2) is 0 Å². The molecule has 2 saturated carbocycles. The van der Waals surface area contributed by atoms with Crippen LogP contribution in [-0.2, 0) is 0 Å². The average molecular weight is 301 g/mol. The molecule has 2 fully saturated rings. The molecule has 2 atom stereocenters. The monoisotopic (exact) mass is 301 g/mol. The van der Waals surface area contributed by atoms with E-state index in [1.165, 1.54) is 49.9 Å². The first-order valence-corrected chi connectivity index (χ1v) is 9.37. The second-order valence-electron chi connectivity index (χ2n) is 6.49. The number of imidazole rings is 1. The summed E-state index contributed by atoms with van der Waals surface area (Å²) >= 11 is 2.03. The van der Waals surface area contributed by atoms with Gasteiger partial charge in [0.2, 0.25) is 0 Å². The first-order valence-electron chi connectivity index (χ1n) is 8.08. The summed E-state index contributed by atoms with van der Waals surface area (Å²) < 4.78 is 2.58. The molecule has 0 amide bonds. The fourth-order valence-electron chi connectivity index (χ4n) is 3.76. The first-order chi connectivity index (χ1) is 10.3. The Labute approximate surface area is 130 Å². The van der Waals surface area contributed by atoms with Crippen LogP contribution in [0.25, 0.3) is 11.0 Å². The highest BCUT2D eigenvalue weighted by Crippen LogP contribution is 2.45. The zero-order chi connectivity index (χ0) is 14.4. The van der Waals surface area contributed by atoms with Crippen molar-refractivity contribution in [3.05, 3.63) is 24.0 Å². The highest BCUT2D eigenvalue weighted by Gasteiger charge is 2.35. The van der Waals surface area contributed by atoms with Crippen LogP contribution in [0.4, 0.5) is 5.69 Å². The minimum Gasteiger partial charge on any atom is -0.399 e. The van der Waals surface area contributed by atoms with E-state index in [0.717, 1.165) is 16.5 Å². The lowest BCUT2D eigenvalue weighted by molar-refractivity contribution is 0.363. The molecule has 21 heavy (non-hydrogen) atoms. The molecule has 1 aromatic carbocycles. The number of benzene rings is 1. The number of hydrogen-bond donors (Lipinski definition) is 1. The van der Waals surface area contributed by atoms with Crippen molar-refractivity contribution in [2.75, 3.05) is 12.0 Å². The molecular weight excluding hydrogens is 278 g/mol. The molecule has 0 saturated heterocycles. The molecule has 3 nitrogen and oxygen atoms in total. The first kappa shape index (κ1) is 13.5. The Hall–Kier alpha value is -1.16. The highest BCUT2D eigenvalue weighted by molar-refractivity contribution is 7.99. The van der Waals surface area contributed by atoms with Gasteiger partial charge in [-0.2, -0.15) is 11.8 Å². The summed E-state index contributed by atoms with van der Waals surface area (Å²) in [7, 11) is 0. The van der Waals surface area contributed by atoms with Crippen LogP contribution in [0.2, 0.25) is 0 Å². The summed E-state index contributed by atoms with van der Waals surface area (Å²) in [5, 5.41) is 0.728. The zero-order valence-electron chi connectivity index (χ0n) is 12.6. The molecular formula is C17H23N3S. The van der Waals surface area contributed by atoms with Gasteiger partial charge in [-0.3, -0.25) is 0 Å². The topological polar surface area (TPSA) is 43.8 Å². The number of thioether (sulfide) groups is 1.